The highest BCUT2D eigenvalue weighted by molar-refractivity contribution is 5.89. The van der Waals surface area contributed by atoms with Crippen LogP contribution in [0, 0.1) is 5.92 Å². The quantitative estimate of drug-likeness (QED) is 0.815. The van der Waals surface area contributed by atoms with E-state index in [0.717, 1.165) is 12.3 Å². The van der Waals surface area contributed by atoms with Crippen molar-refractivity contribution in [3.8, 4) is 5.88 Å². The van der Waals surface area contributed by atoms with E-state index in [2.05, 4.69) is 4.98 Å². The van der Waals surface area contributed by atoms with Crippen LogP contribution >= 0.6 is 0 Å². The maximum absolute atomic E-state index is 12.5. The molecular weight excluding hydrogens is 351 g/mol. The first-order valence-electron chi connectivity index (χ1n) is 8.46. The zero-order valence-electron chi connectivity index (χ0n) is 14.3. The summed E-state index contributed by atoms with van der Waals surface area (Å²) in [4.78, 5) is 31.1. The first-order valence-corrected chi connectivity index (χ1v) is 8.46. The molecule has 6 nitrogen and oxygen atoms in total. The Kier molecular flexibility index (Phi) is 5.06. The lowest BCUT2D eigenvalue weighted by Crippen LogP contribution is -2.44. The first kappa shape index (κ1) is 18.5. The van der Waals surface area contributed by atoms with E-state index in [1.165, 1.54) is 6.07 Å². The van der Waals surface area contributed by atoms with E-state index in [1.54, 1.807) is 16.8 Å². The molecule has 2 fully saturated rings. The molecule has 2 aliphatic heterocycles. The zero-order chi connectivity index (χ0) is 18.9. The molecule has 2 saturated heterocycles. The molecule has 26 heavy (non-hydrogen) atoms. The third kappa shape index (κ3) is 4.08. The SMILES string of the molecule is CN1C[C@@H](C(=O)N2CCC(Oc3ccc(C(F)(F)F)cn3)CC2)CC1=O. The lowest BCUT2D eigenvalue weighted by Gasteiger charge is -2.33. The van der Waals surface area contributed by atoms with Gasteiger partial charge in [0.1, 0.15) is 6.10 Å². The predicted molar refractivity (Wildman–Crippen MR) is 85.2 cm³/mol. The number of pyridine rings is 1. The highest BCUT2D eigenvalue weighted by atomic mass is 19.4. The molecule has 0 spiro atoms. The van der Waals surface area contributed by atoms with E-state index in [9.17, 15) is 22.8 Å². The van der Waals surface area contributed by atoms with Crippen molar-refractivity contribution in [2.24, 2.45) is 5.92 Å². The van der Waals surface area contributed by atoms with Gasteiger partial charge in [-0.1, -0.05) is 0 Å². The molecule has 0 radical (unpaired) electrons. The molecule has 0 saturated carbocycles. The number of hydrogen-bond donors (Lipinski definition) is 0. The third-order valence-electron chi connectivity index (χ3n) is 4.80. The molecule has 1 aromatic heterocycles. The number of piperidine rings is 1. The number of rotatable bonds is 3. The summed E-state index contributed by atoms with van der Waals surface area (Å²) in [5, 5.41) is 0. The first-order chi connectivity index (χ1) is 12.2. The monoisotopic (exact) mass is 371 g/mol. The number of carbonyl (C=O) groups excluding carboxylic acids is 2. The molecule has 0 N–H and O–H groups in total. The Balaban J connectivity index is 1.49. The second-order valence-corrected chi connectivity index (χ2v) is 6.70. The summed E-state index contributed by atoms with van der Waals surface area (Å²) < 4.78 is 43.2. The van der Waals surface area contributed by atoms with Gasteiger partial charge in [-0.2, -0.15) is 13.2 Å². The number of aromatic nitrogens is 1. The number of amides is 2. The molecule has 0 bridgehead atoms. The summed E-state index contributed by atoms with van der Waals surface area (Å²) in [7, 11) is 1.69. The van der Waals surface area contributed by atoms with E-state index in [-0.39, 0.29) is 36.1 Å². The molecule has 9 heteroatoms. The Labute approximate surface area is 148 Å². The average Bonchev–Trinajstić information content (AvgIpc) is 2.94. The Morgan fingerprint density at radius 3 is 2.46 bits per heavy atom. The number of nitrogens with zero attached hydrogens (tertiary/aromatic N) is 3. The Morgan fingerprint density at radius 1 is 1.27 bits per heavy atom. The van der Waals surface area contributed by atoms with Crippen LogP contribution < -0.4 is 4.74 Å². The number of ether oxygens (including phenoxy) is 1. The summed E-state index contributed by atoms with van der Waals surface area (Å²) in [5.41, 5.74) is -0.818. The minimum absolute atomic E-state index is 0.0186. The predicted octanol–water partition coefficient (Wildman–Crippen LogP) is 1.95. The van der Waals surface area contributed by atoms with E-state index in [0.29, 0.717) is 32.5 Å². The maximum Gasteiger partial charge on any atom is 0.417 e. The number of alkyl halides is 3. The van der Waals surface area contributed by atoms with Gasteiger partial charge in [0, 0.05) is 58.2 Å². The fraction of sp³-hybridized carbons (Fsp3) is 0.588. The molecule has 3 rings (SSSR count). The van der Waals surface area contributed by atoms with Crippen molar-refractivity contribution >= 4 is 11.8 Å². The Bertz CT molecular complexity index is 670. The van der Waals surface area contributed by atoms with E-state index in [4.69, 9.17) is 4.74 Å². The number of likely N-dealkylation sites (tertiary alicyclic amines) is 2. The van der Waals surface area contributed by atoms with Gasteiger partial charge in [0.2, 0.25) is 17.7 Å². The minimum atomic E-state index is -4.42. The highest BCUT2D eigenvalue weighted by Gasteiger charge is 2.36. The van der Waals surface area contributed by atoms with Crippen LogP contribution in [0.15, 0.2) is 18.3 Å². The highest BCUT2D eigenvalue weighted by Crippen LogP contribution is 2.29. The molecule has 142 valence electrons. The van der Waals surface area contributed by atoms with Gasteiger partial charge in [0.05, 0.1) is 11.5 Å². The summed E-state index contributed by atoms with van der Waals surface area (Å²) in [6.45, 7) is 1.45. The van der Waals surface area contributed by atoms with Gasteiger partial charge in [-0.3, -0.25) is 9.59 Å². The second-order valence-electron chi connectivity index (χ2n) is 6.70. The van der Waals surface area contributed by atoms with Gasteiger partial charge in [0.15, 0.2) is 0 Å². The van der Waals surface area contributed by atoms with Gasteiger partial charge < -0.3 is 14.5 Å². The van der Waals surface area contributed by atoms with E-state index >= 15 is 0 Å². The summed E-state index contributed by atoms with van der Waals surface area (Å²) in [5.74, 6) is -0.184. The minimum Gasteiger partial charge on any atom is -0.474 e. The molecule has 3 heterocycles. The van der Waals surface area contributed by atoms with E-state index in [1.807, 2.05) is 0 Å². The van der Waals surface area contributed by atoms with Crippen molar-refractivity contribution < 1.29 is 27.5 Å². The molecule has 1 aromatic rings. The normalized spacial score (nSPS) is 22.0. The summed E-state index contributed by atoms with van der Waals surface area (Å²) in [6.07, 6.45) is -2.47. The largest absolute Gasteiger partial charge is 0.474 e. The van der Waals surface area contributed by atoms with Gasteiger partial charge in [-0.05, 0) is 6.07 Å². The topological polar surface area (TPSA) is 62.7 Å². The number of halogens is 3. The smallest absolute Gasteiger partial charge is 0.417 e. The van der Waals surface area contributed by atoms with Crippen molar-refractivity contribution in [1.29, 1.82) is 0 Å². The van der Waals surface area contributed by atoms with Crippen LogP contribution in [0.1, 0.15) is 24.8 Å². The molecule has 2 amide bonds. The van der Waals surface area contributed by atoms with Crippen LogP contribution in [-0.4, -0.2) is 59.4 Å². The zero-order valence-corrected chi connectivity index (χ0v) is 14.3. The van der Waals surface area contributed by atoms with Gasteiger partial charge in [0.25, 0.3) is 0 Å². The van der Waals surface area contributed by atoms with Crippen molar-refractivity contribution in [3.63, 3.8) is 0 Å². The van der Waals surface area contributed by atoms with Crippen LogP contribution in [0.3, 0.4) is 0 Å². The van der Waals surface area contributed by atoms with Crippen LogP contribution in [0.25, 0.3) is 0 Å². The van der Waals surface area contributed by atoms with Crippen LogP contribution in [-0.2, 0) is 15.8 Å². The molecule has 1 atom stereocenters. The summed E-state index contributed by atoms with van der Waals surface area (Å²) in [6, 6.07) is 2.15. The van der Waals surface area contributed by atoms with Crippen molar-refractivity contribution in [2.45, 2.75) is 31.5 Å². The molecule has 0 aromatic carbocycles. The van der Waals surface area contributed by atoms with E-state index < -0.39 is 11.7 Å². The second kappa shape index (κ2) is 7.13. The standard InChI is InChI=1S/C17H20F3N3O3/c1-22-10-11(8-15(22)24)16(25)23-6-4-13(5-7-23)26-14-3-2-12(9-21-14)17(18,19)20/h2-3,9,11,13H,4-8,10H2,1H3/t11-/m0/s1. The fourth-order valence-electron chi connectivity index (χ4n) is 3.27. The van der Waals surface area contributed by atoms with Crippen molar-refractivity contribution in [2.75, 3.05) is 26.7 Å². The fourth-order valence-corrected chi connectivity index (χ4v) is 3.27. The number of carbonyl (C=O) groups is 2. The molecule has 2 aliphatic rings. The Morgan fingerprint density at radius 2 is 1.96 bits per heavy atom. The third-order valence-corrected chi connectivity index (χ3v) is 4.80. The van der Waals surface area contributed by atoms with Crippen LogP contribution in [0.2, 0.25) is 0 Å². The van der Waals surface area contributed by atoms with Crippen LogP contribution in [0.4, 0.5) is 13.2 Å². The number of hydrogen-bond acceptors (Lipinski definition) is 4. The summed E-state index contributed by atoms with van der Waals surface area (Å²) >= 11 is 0. The van der Waals surface area contributed by atoms with Crippen molar-refractivity contribution in [3.05, 3.63) is 23.9 Å². The molecule has 0 aliphatic carbocycles. The van der Waals surface area contributed by atoms with Gasteiger partial charge in [-0.15, -0.1) is 0 Å². The lowest BCUT2D eigenvalue weighted by molar-refractivity contribution is -0.138. The lowest BCUT2D eigenvalue weighted by atomic mass is 10.0. The molecular formula is C17H20F3N3O3. The average molecular weight is 371 g/mol. The van der Waals surface area contributed by atoms with Crippen LogP contribution in [0.5, 0.6) is 5.88 Å². The van der Waals surface area contributed by atoms with Gasteiger partial charge >= 0.3 is 6.18 Å². The molecule has 0 unspecified atom stereocenters. The maximum atomic E-state index is 12.5. The Hall–Kier alpha value is -2.32. The van der Waals surface area contributed by atoms with Gasteiger partial charge in [-0.25, -0.2) is 4.98 Å². The van der Waals surface area contributed by atoms with Crippen molar-refractivity contribution in [1.82, 2.24) is 14.8 Å².